The lowest BCUT2D eigenvalue weighted by atomic mass is 9.33. The van der Waals surface area contributed by atoms with Gasteiger partial charge in [0.25, 0.3) is 0 Å². The maximum absolute atomic E-state index is 13.0. The van der Waals surface area contributed by atoms with E-state index in [-0.39, 0.29) is 27.6 Å². The molecule has 40 heavy (non-hydrogen) atoms. The van der Waals surface area contributed by atoms with Gasteiger partial charge in [-0.1, -0.05) is 71.7 Å². The molecule has 4 heteroatoms. The molecule has 7 rings (SSSR count). The molecule has 0 bridgehead atoms. The molecule has 1 heterocycles. The molecule has 1 aromatic heterocycles. The molecule has 5 aliphatic carbocycles. The van der Waals surface area contributed by atoms with Gasteiger partial charge in [0.1, 0.15) is 0 Å². The van der Waals surface area contributed by atoms with E-state index in [9.17, 15) is 9.90 Å². The quantitative estimate of drug-likeness (QED) is 0.340. The number of rotatable bonds is 1. The van der Waals surface area contributed by atoms with Crippen molar-refractivity contribution in [1.29, 1.82) is 0 Å². The average Bonchev–Trinajstić information content (AvgIpc) is 3.24. The highest BCUT2D eigenvalue weighted by Crippen LogP contribution is 2.75. The number of carboxylic acids is 1. The minimum atomic E-state index is -0.577. The number of hydrogen-bond donors (Lipinski definition) is 2. The summed E-state index contributed by atoms with van der Waals surface area (Å²) in [6, 6.07) is 6.33. The van der Waals surface area contributed by atoms with Gasteiger partial charge in [-0.2, -0.15) is 0 Å². The normalized spacial score (nSPS) is 45.4. The van der Waals surface area contributed by atoms with Crippen LogP contribution < -0.4 is 0 Å². The summed E-state index contributed by atoms with van der Waals surface area (Å²) < 4.78 is 0. The predicted molar refractivity (Wildman–Crippen MR) is 164 cm³/mol. The summed E-state index contributed by atoms with van der Waals surface area (Å²) in [6.07, 6.45) is 11.0. The number of nitrogens with one attached hydrogen (secondary N) is 1. The predicted octanol–water partition coefficient (Wildman–Crippen LogP) is 9.58. The lowest BCUT2D eigenvalue weighted by Crippen LogP contribution is -2.65. The number of fused-ring (bicyclic) bond motifs is 10. The van der Waals surface area contributed by atoms with Crippen molar-refractivity contribution in [3.63, 3.8) is 0 Å². The van der Waals surface area contributed by atoms with Crippen molar-refractivity contribution in [2.24, 2.45) is 51.2 Å². The number of carbonyl (C=O) groups is 1. The number of aromatic amines is 1. The van der Waals surface area contributed by atoms with Gasteiger partial charge >= 0.3 is 5.97 Å². The second-order valence-corrected chi connectivity index (χ2v) is 16.6. The zero-order chi connectivity index (χ0) is 28.6. The summed E-state index contributed by atoms with van der Waals surface area (Å²) in [5, 5.41) is 12.8. The zero-order valence-electron chi connectivity index (χ0n) is 25.6. The van der Waals surface area contributed by atoms with E-state index in [2.05, 4.69) is 71.7 Å². The maximum Gasteiger partial charge on any atom is 0.310 e. The first-order valence-electron chi connectivity index (χ1n) is 16.0. The molecule has 9 atom stereocenters. The van der Waals surface area contributed by atoms with Crippen molar-refractivity contribution in [2.75, 3.05) is 0 Å². The standard InChI is InChI=1S/C36H48ClNO2/c1-20-12-15-36(31(39)40)17-16-34(6)25(29(36)21(20)2)9-11-28-33(5)19-24-23-18-22(37)8-10-26(23)38-30(24)32(3,4)27(33)13-14-35(28,34)7/h8-10,18,20-21,27-29,38H,11-17,19H2,1-7H3,(H,39,40)/t20-,21+,27+,28-,29+,33+,34-,35-,36+/m1/s1. The summed E-state index contributed by atoms with van der Waals surface area (Å²) in [5.74, 6) is 1.78. The number of aromatic nitrogens is 1. The first-order valence-corrected chi connectivity index (χ1v) is 16.3. The van der Waals surface area contributed by atoms with Crippen LogP contribution in [0.5, 0.6) is 0 Å². The van der Waals surface area contributed by atoms with Gasteiger partial charge in [0.15, 0.2) is 0 Å². The second-order valence-electron chi connectivity index (χ2n) is 16.2. The van der Waals surface area contributed by atoms with Crippen LogP contribution in [0.25, 0.3) is 10.9 Å². The maximum atomic E-state index is 13.0. The van der Waals surface area contributed by atoms with Crippen LogP contribution in [0.4, 0.5) is 0 Å². The lowest BCUT2D eigenvalue weighted by Gasteiger charge is -2.70. The molecule has 0 amide bonds. The van der Waals surface area contributed by atoms with Gasteiger partial charge in [-0.15, -0.1) is 0 Å². The van der Waals surface area contributed by atoms with Crippen LogP contribution in [-0.2, 0) is 16.6 Å². The van der Waals surface area contributed by atoms with E-state index >= 15 is 0 Å². The monoisotopic (exact) mass is 561 g/mol. The van der Waals surface area contributed by atoms with Gasteiger partial charge in [-0.05, 0) is 121 Å². The molecule has 3 saturated carbocycles. The number of allylic oxidation sites excluding steroid dienone is 2. The summed E-state index contributed by atoms with van der Waals surface area (Å²) in [4.78, 5) is 16.8. The topological polar surface area (TPSA) is 53.1 Å². The molecule has 1 aromatic carbocycles. The molecule has 3 fully saturated rings. The van der Waals surface area contributed by atoms with E-state index in [1.54, 1.807) is 0 Å². The van der Waals surface area contributed by atoms with Crippen molar-refractivity contribution in [1.82, 2.24) is 4.98 Å². The molecule has 5 aliphatic rings. The fraction of sp³-hybridized carbons (Fsp3) is 0.694. The van der Waals surface area contributed by atoms with E-state index < -0.39 is 11.4 Å². The summed E-state index contributed by atoms with van der Waals surface area (Å²) >= 11 is 6.54. The molecule has 2 aromatic rings. The van der Waals surface area contributed by atoms with Crippen molar-refractivity contribution in [3.8, 4) is 0 Å². The Balaban J connectivity index is 1.37. The highest BCUT2D eigenvalue weighted by atomic mass is 35.5. The molecule has 0 unspecified atom stereocenters. The number of aliphatic carboxylic acids is 1. The molecular weight excluding hydrogens is 514 g/mol. The van der Waals surface area contributed by atoms with Crippen LogP contribution >= 0.6 is 11.6 Å². The third kappa shape index (κ3) is 3.07. The van der Waals surface area contributed by atoms with Crippen LogP contribution in [0.2, 0.25) is 5.02 Å². The van der Waals surface area contributed by atoms with Crippen molar-refractivity contribution in [2.45, 2.75) is 105 Å². The number of benzene rings is 1. The second kappa shape index (κ2) is 8.21. The Hall–Kier alpha value is -1.74. The Morgan fingerprint density at radius 1 is 1.00 bits per heavy atom. The first kappa shape index (κ1) is 27.1. The van der Waals surface area contributed by atoms with E-state index in [4.69, 9.17) is 11.6 Å². The van der Waals surface area contributed by atoms with Crippen molar-refractivity contribution >= 4 is 28.5 Å². The number of halogens is 1. The highest BCUT2D eigenvalue weighted by molar-refractivity contribution is 6.31. The van der Waals surface area contributed by atoms with Crippen LogP contribution in [0.15, 0.2) is 29.8 Å². The minimum absolute atomic E-state index is 0.0484. The summed E-state index contributed by atoms with van der Waals surface area (Å²) in [7, 11) is 0. The number of carboxylic acid groups (broad SMARTS) is 1. The van der Waals surface area contributed by atoms with Crippen LogP contribution in [0.1, 0.15) is 105 Å². The molecule has 0 saturated heterocycles. The third-order valence-electron chi connectivity index (χ3n) is 14.6. The zero-order valence-corrected chi connectivity index (χ0v) is 26.3. The fourth-order valence-electron chi connectivity index (χ4n) is 12.2. The van der Waals surface area contributed by atoms with Crippen LogP contribution in [0.3, 0.4) is 0 Å². The van der Waals surface area contributed by atoms with Crippen molar-refractivity contribution in [3.05, 3.63) is 46.1 Å². The van der Waals surface area contributed by atoms with Gasteiger partial charge < -0.3 is 10.1 Å². The number of H-pyrrole nitrogens is 1. The highest BCUT2D eigenvalue weighted by Gasteiger charge is 2.69. The van der Waals surface area contributed by atoms with Crippen LogP contribution in [-0.4, -0.2) is 16.1 Å². The molecule has 3 nitrogen and oxygen atoms in total. The van der Waals surface area contributed by atoms with Gasteiger partial charge in [-0.25, -0.2) is 0 Å². The van der Waals surface area contributed by atoms with E-state index in [0.717, 1.165) is 43.5 Å². The smallest absolute Gasteiger partial charge is 0.310 e. The minimum Gasteiger partial charge on any atom is -0.481 e. The van der Waals surface area contributed by atoms with Crippen molar-refractivity contribution < 1.29 is 9.90 Å². The molecule has 2 N–H and O–H groups in total. The molecule has 0 radical (unpaired) electrons. The molecular formula is C36H48ClNO2. The summed E-state index contributed by atoms with van der Waals surface area (Å²) in [6.45, 7) is 17.5. The Labute approximate surface area is 245 Å². The Kier molecular flexibility index (Phi) is 5.56. The molecule has 216 valence electrons. The van der Waals surface area contributed by atoms with E-state index in [1.807, 2.05) is 6.07 Å². The third-order valence-corrected chi connectivity index (χ3v) is 14.9. The lowest BCUT2D eigenvalue weighted by molar-refractivity contribution is -0.179. The van der Waals surface area contributed by atoms with E-state index in [1.165, 1.54) is 40.6 Å². The Bertz CT molecular complexity index is 1450. The molecule has 0 spiro atoms. The fourth-order valence-corrected chi connectivity index (χ4v) is 12.3. The Morgan fingerprint density at radius 2 is 1.75 bits per heavy atom. The molecule has 0 aliphatic heterocycles. The van der Waals surface area contributed by atoms with E-state index in [0.29, 0.717) is 23.7 Å². The first-order chi connectivity index (χ1) is 18.7. The van der Waals surface area contributed by atoms with Crippen LogP contribution in [0, 0.1) is 51.2 Å². The summed E-state index contributed by atoms with van der Waals surface area (Å²) in [5.41, 5.74) is 5.48. The van der Waals surface area contributed by atoms with Gasteiger partial charge in [0, 0.05) is 27.0 Å². The van der Waals surface area contributed by atoms with Gasteiger partial charge in [-0.3, -0.25) is 4.79 Å². The van der Waals surface area contributed by atoms with Gasteiger partial charge in [0.2, 0.25) is 0 Å². The Morgan fingerprint density at radius 3 is 2.48 bits per heavy atom. The van der Waals surface area contributed by atoms with Gasteiger partial charge in [0.05, 0.1) is 5.41 Å². The number of hydrogen-bond acceptors (Lipinski definition) is 1. The SMILES string of the molecule is C[C@H]1[C@H](C)CC[C@]2(C(=O)O)CC[C@]3(C)C(=CC[C@@H]4[C@@]5(C)Cc6c([nH]c7ccc(Cl)cc67)C(C)(C)[C@@H]5CC[C@]43C)[C@H]12. The largest absolute Gasteiger partial charge is 0.481 e. The average molecular weight is 562 g/mol.